The number of hydrogen-bond donors (Lipinski definition) is 0. The topological polar surface area (TPSA) is 39.9 Å². The van der Waals surface area contributed by atoms with Crippen LogP contribution in [0.15, 0.2) is 6.20 Å². The highest BCUT2D eigenvalue weighted by Crippen LogP contribution is 2.40. The molecule has 0 atom stereocenters. The van der Waals surface area contributed by atoms with E-state index in [9.17, 15) is 0 Å². The van der Waals surface area contributed by atoms with Gasteiger partial charge in [-0.15, -0.1) is 5.10 Å². The Morgan fingerprint density at radius 1 is 1.09 bits per heavy atom. The van der Waals surface area contributed by atoms with Gasteiger partial charge in [-0.3, -0.25) is 0 Å². The van der Waals surface area contributed by atoms with Gasteiger partial charge in [0.2, 0.25) is 0 Å². The van der Waals surface area contributed by atoms with Crippen molar-refractivity contribution in [3.63, 3.8) is 0 Å². The van der Waals surface area contributed by atoms with Crippen LogP contribution in [0.3, 0.4) is 0 Å². The molecule has 4 heteroatoms. The lowest BCUT2D eigenvalue weighted by molar-refractivity contribution is -0.0408. The van der Waals surface area contributed by atoms with Crippen LogP contribution in [0, 0.1) is 10.8 Å². The zero-order valence-corrected chi connectivity index (χ0v) is 16.0. The van der Waals surface area contributed by atoms with Crippen molar-refractivity contribution in [1.82, 2.24) is 15.0 Å². The maximum Gasteiger partial charge on any atom is 0.0855 e. The summed E-state index contributed by atoms with van der Waals surface area (Å²) in [6.07, 6.45) is 3.86. The van der Waals surface area contributed by atoms with Gasteiger partial charge >= 0.3 is 0 Å². The number of hydrogen-bond acceptors (Lipinski definition) is 3. The Morgan fingerprint density at radius 3 is 2.14 bits per heavy atom. The predicted molar refractivity (Wildman–Crippen MR) is 92.0 cm³/mol. The van der Waals surface area contributed by atoms with E-state index >= 15 is 0 Å². The maximum absolute atomic E-state index is 6.16. The standard InChI is InChI=1S/C18H35N3O/c1-14(2)21-13-15(19-20-21)12-18(8,9)22-11-10-17(6,7)16(3,4)5/h13-14H,10-12H2,1-9H3. The summed E-state index contributed by atoms with van der Waals surface area (Å²) in [5.74, 6) is 0. The largest absolute Gasteiger partial charge is 0.375 e. The monoisotopic (exact) mass is 309 g/mol. The molecule has 0 amide bonds. The summed E-state index contributed by atoms with van der Waals surface area (Å²) in [6, 6.07) is 0.345. The summed E-state index contributed by atoms with van der Waals surface area (Å²) in [7, 11) is 0. The first-order valence-corrected chi connectivity index (χ1v) is 8.39. The lowest BCUT2D eigenvalue weighted by atomic mass is 9.67. The molecule has 0 bridgehead atoms. The van der Waals surface area contributed by atoms with E-state index in [0.717, 1.165) is 25.1 Å². The molecule has 0 aliphatic carbocycles. The molecule has 1 heterocycles. The smallest absolute Gasteiger partial charge is 0.0855 e. The van der Waals surface area contributed by atoms with Crippen LogP contribution in [0.2, 0.25) is 0 Å². The second-order valence-electron chi connectivity index (χ2n) is 8.95. The Labute approximate surface area is 136 Å². The molecule has 1 aromatic rings. The zero-order chi connectivity index (χ0) is 17.2. The van der Waals surface area contributed by atoms with E-state index in [2.05, 4.69) is 72.6 Å². The number of nitrogens with zero attached hydrogens (tertiary/aromatic N) is 3. The Morgan fingerprint density at radius 2 is 1.68 bits per heavy atom. The minimum atomic E-state index is -0.216. The third kappa shape index (κ3) is 5.38. The van der Waals surface area contributed by atoms with Crippen LogP contribution in [0.4, 0.5) is 0 Å². The number of ether oxygens (including phenoxy) is 1. The fourth-order valence-electron chi connectivity index (χ4n) is 2.09. The summed E-state index contributed by atoms with van der Waals surface area (Å²) in [5, 5.41) is 8.41. The second kappa shape index (κ2) is 6.69. The van der Waals surface area contributed by atoms with E-state index in [1.54, 1.807) is 0 Å². The van der Waals surface area contributed by atoms with Crippen molar-refractivity contribution in [3.05, 3.63) is 11.9 Å². The Hall–Kier alpha value is -0.900. The van der Waals surface area contributed by atoms with Crippen molar-refractivity contribution >= 4 is 0 Å². The fraction of sp³-hybridized carbons (Fsp3) is 0.889. The molecule has 22 heavy (non-hydrogen) atoms. The first-order valence-electron chi connectivity index (χ1n) is 8.39. The van der Waals surface area contributed by atoms with Gasteiger partial charge in [-0.2, -0.15) is 0 Å². The molecule has 4 nitrogen and oxygen atoms in total. The van der Waals surface area contributed by atoms with Gasteiger partial charge in [-0.1, -0.05) is 39.8 Å². The fourth-order valence-corrected chi connectivity index (χ4v) is 2.09. The molecule has 0 aromatic carbocycles. The van der Waals surface area contributed by atoms with Gasteiger partial charge in [0.1, 0.15) is 0 Å². The first-order chi connectivity index (χ1) is 9.84. The highest BCUT2D eigenvalue weighted by atomic mass is 16.5. The molecule has 0 unspecified atom stereocenters. The van der Waals surface area contributed by atoms with Gasteiger partial charge in [0.25, 0.3) is 0 Å². The van der Waals surface area contributed by atoms with Gasteiger partial charge in [0, 0.05) is 25.3 Å². The average Bonchev–Trinajstić information content (AvgIpc) is 2.74. The van der Waals surface area contributed by atoms with Crippen LogP contribution in [0.1, 0.15) is 80.5 Å². The quantitative estimate of drug-likeness (QED) is 0.735. The van der Waals surface area contributed by atoms with Gasteiger partial charge in [-0.05, 0) is 44.9 Å². The van der Waals surface area contributed by atoms with Crippen LogP contribution in [-0.2, 0) is 11.2 Å². The summed E-state index contributed by atoms with van der Waals surface area (Å²) >= 11 is 0. The van der Waals surface area contributed by atoms with Crippen molar-refractivity contribution in [2.75, 3.05) is 6.61 Å². The molecule has 0 spiro atoms. The van der Waals surface area contributed by atoms with Crippen molar-refractivity contribution in [2.45, 2.75) is 86.8 Å². The minimum absolute atomic E-state index is 0.216. The Balaban J connectivity index is 2.53. The molecule has 0 aliphatic heterocycles. The summed E-state index contributed by atoms with van der Waals surface area (Å²) in [6.45, 7) is 20.8. The molecule has 0 aliphatic rings. The van der Waals surface area contributed by atoms with Crippen molar-refractivity contribution in [1.29, 1.82) is 0 Å². The summed E-state index contributed by atoms with van der Waals surface area (Å²) in [4.78, 5) is 0. The van der Waals surface area contributed by atoms with Gasteiger partial charge in [0.05, 0.1) is 11.3 Å². The van der Waals surface area contributed by atoms with Crippen molar-refractivity contribution < 1.29 is 4.74 Å². The van der Waals surface area contributed by atoms with E-state index < -0.39 is 0 Å². The van der Waals surface area contributed by atoms with Crippen LogP contribution in [0.5, 0.6) is 0 Å². The molecule has 128 valence electrons. The van der Waals surface area contributed by atoms with Crippen molar-refractivity contribution in [3.8, 4) is 0 Å². The molecule has 0 radical (unpaired) electrons. The van der Waals surface area contributed by atoms with E-state index in [1.165, 1.54) is 0 Å². The zero-order valence-electron chi connectivity index (χ0n) is 16.0. The van der Waals surface area contributed by atoms with E-state index in [0.29, 0.717) is 6.04 Å². The molecular formula is C18H35N3O. The van der Waals surface area contributed by atoms with E-state index in [-0.39, 0.29) is 16.4 Å². The lowest BCUT2D eigenvalue weighted by Crippen LogP contribution is -2.34. The minimum Gasteiger partial charge on any atom is -0.375 e. The van der Waals surface area contributed by atoms with E-state index in [4.69, 9.17) is 4.74 Å². The van der Waals surface area contributed by atoms with E-state index in [1.807, 2.05) is 10.9 Å². The van der Waals surface area contributed by atoms with Crippen LogP contribution >= 0.6 is 0 Å². The molecule has 1 rings (SSSR count). The van der Waals surface area contributed by atoms with Crippen LogP contribution in [0.25, 0.3) is 0 Å². The van der Waals surface area contributed by atoms with Gasteiger partial charge in [-0.25, -0.2) is 4.68 Å². The number of rotatable bonds is 7. The van der Waals surface area contributed by atoms with Crippen LogP contribution in [-0.4, -0.2) is 27.2 Å². The Kier molecular flexibility index (Phi) is 5.82. The third-order valence-corrected chi connectivity index (χ3v) is 4.94. The highest BCUT2D eigenvalue weighted by Gasteiger charge is 2.33. The number of aromatic nitrogens is 3. The summed E-state index contributed by atoms with van der Waals surface area (Å²) in [5.41, 5.74) is 1.31. The highest BCUT2D eigenvalue weighted by molar-refractivity contribution is 4.98. The van der Waals surface area contributed by atoms with Crippen molar-refractivity contribution in [2.24, 2.45) is 10.8 Å². The van der Waals surface area contributed by atoms with Gasteiger partial charge < -0.3 is 4.74 Å². The SMILES string of the molecule is CC(C)n1cc(CC(C)(C)OCCC(C)(C)C(C)(C)C)nn1. The predicted octanol–water partition coefficient (Wildman–Crippen LogP) is 4.66. The third-order valence-electron chi connectivity index (χ3n) is 4.94. The Bertz CT molecular complexity index is 467. The second-order valence-corrected chi connectivity index (χ2v) is 8.95. The van der Waals surface area contributed by atoms with Crippen LogP contribution < -0.4 is 0 Å². The lowest BCUT2D eigenvalue weighted by Gasteiger charge is -2.39. The average molecular weight is 309 g/mol. The maximum atomic E-state index is 6.16. The molecule has 0 N–H and O–H groups in total. The molecule has 0 saturated carbocycles. The van der Waals surface area contributed by atoms with Gasteiger partial charge in [0.15, 0.2) is 0 Å². The summed E-state index contributed by atoms with van der Waals surface area (Å²) < 4.78 is 8.05. The molecule has 1 aromatic heterocycles. The normalized spacial score (nSPS) is 13.9. The molecule has 0 saturated heterocycles. The molecule has 0 fully saturated rings. The first kappa shape index (κ1) is 19.1. The molecular weight excluding hydrogens is 274 g/mol.